The molecule has 0 radical (unpaired) electrons. The third-order valence-corrected chi connectivity index (χ3v) is 7.01. The minimum absolute atomic E-state index is 0.0793. The summed E-state index contributed by atoms with van der Waals surface area (Å²) in [5.74, 6) is 0.388. The van der Waals surface area contributed by atoms with E-state index in [0.29, 0.717) is 13.1 Å². The van der Waals surface area contributed by atoms with Gasteiger partial charge < -0.3 is 9.80 Å². The second-order valence-corrected chi connectivity index (χ2v) is 9.98. The number of likely N-dealkylation sites (tertiary alicyclic amines) is 2. The molecule has 0 N–H and O–H groups in total. The molecule has 2 atom stereocenters. The lowest BCUT2D eigenvalue weighted by Gasteiger charge is -2.35. The molecule has 2 fully saturated rings. The van der Waals surface area contributed by atoms with Crippen LogP contribution >= 0.6 is 0 Å². The lowest BCUT2D eigenvalue weighted by molar-refractivity contribution is -0.141. The molecule has 1 aromatic heterocycles. The molecule has 3 heterocycles. The third-order valence-electron chi connectivity index (χ3n) is 7.01. The highest BCUT2D eigenvalue weighted by atomic mass is 16.2. The summed E-state index contributed by atoms with van der Waals surface area (Å²) in [6, 6.07) is 6.04. The number of carbonyl (C=O) groups excluding carboxylic acids is 2. The number of nitrogens with zero attached hydrogens (tertiary/aromatic N) is 5. The molecule has 7 nitrogen and oxygen atoms in total. The quantitative estimate of drug-likeness (QED) is 0.737. The number of carbonyl (C=O) groups is 2. The maximum Gasteiger partial charge on any atom is 0.253 e. The molecule has 2 aliphatic heterocycles. The summed E-state index contributed by atoms with van der Waals surface area (Å²) in [6.07, 6.45) is 5.58. The van der Waals surface area contributed by atoms with Crippen molar-refractivity contribution < 1.29 is 9.59 Å². The Hall–Kier alpha value is -2.67. The van der Waals surface area contributed by atoms with Crippen LogP contribution in [0.4, 0.5) is 0 Å². The summed E-state index contributed by atoms with van der Waals surface area (Å²) in [5.41, 5.74) is 3.66. The van der Waals surface area contributed by atoms with Gasteiger partial charge in [-0.3, -0.25) is 19.2 Å². The fourth-order valence-corrected chi connectivity index (χ4v) is 5.73. The SMILES string of the molecule is Cc1cc(C)cc(C(=O)N2CCC[C@]3(C(=O)N(C)C)CN(Cc4cnn(C)c4)C[C@@H]3C2)c1. The maximum atomic E-state index is 13.5. The molecule has 0 bridgehead atoms. The van der Waals surface area contributed by atoms with Crippen LogP contribution in [0.1, 0.15) is 39.9 Å². The molecular weight excluding hydrogens is 402 g/mol. The van der Waals surface area contributed by atoms with E-state index < -0.39 is 5.41 Å². The molecule has 4 rings (SSSR count). The van der Waals surface area contributed by atoms with Gasteiger partial charge in [0, 0.05) is 77.1 Å². The van der Waals surface area contributed by atoms with Gasteiger partial charge in [0.25, 0.3) is 5.91 Å². The van der Waals surface area contributed by atoms with Gasteiger partial charge in [0.15, 0.2) is 0 Å². The van der Waals surface area contributed by atoms with Crippen molar-refractivity contribution in [2.45, 2.75) is 33.2 Å². The van der Waals surface area contributed by atoms with E-state index in [2.05, 4.69) is 16.1 Å². The second-order valence-electron chi connectivity index (χ2n) is 9.98. The van der Waals surface area contributed by atoms with Crippen molar-refractivity contribution in [2.24, 2.45) is 18.4 Å². The highest BCUT2D eigenvalue weighted by Crippen LogP contribution is 2.44. The second kappa shape index (κ2) is 8.70. The van der Waals surface area contributed by atoms with E-state index in [1.54, 1.807) is 4.90 Å². The van der Waals surface area contributed by atoms with Gasteiger partial charge in [0.1, 0.15) is 0 Å². The lowest BCUT2D eigenvalue weighted by Crippen LogP contribution is -2.47. The Labute approximate surface area is 191 Å². The number of fused-ring (bicyclic) bond motifs is 1. The number of hydrogen-bond acceptors (Lipinski definition) is 4. The Morgan fingerprint density at radius 3 is 2.50 bits per heavy atom. The van der Waals surface area contributed by atoms with Gasteiger partial charge in [-0.05, 0) is 38.8 Å². The van der Waals surface area contributed by atoms with Crippen LogP contribution in [0.25, 0.3) is 0 Å². The predicted octanol–water partition coefficient (Wildman–Crippen LogP) is 2.48. The molecular formula is C25H35N5O2. The number of aryl methyl sites for hydroxylation is 3. The minimum atomic E-state index is -0.441. The Balaban J connectivity index is 1.59. The van der Waals surface area contributed by atoms with Gasteiger partial charge in [-0.1, -0.05) is 17.2 Å². The van der Waals surface area contributed by atoms with Gasteiger partial charge in [0.05, 0.1) is 11.6 Å². The average Bonchev–Trinajstić information content (AvgIpc) is 3.23. The van der Waals surface area contributed by atoms with Crippen molar-refractivity contribution in [3.05, 3.63) is 52.8 Å². The monoisotopic (exact) mass is 437 g/mol. The first-order chi connectivity index (χ1) is 15.2. The summed E-state index contributed by atoms with van der Waals surface area (Å²) in [4.78, 5) is 33.0. The van der Waals surface area contributed by atoms with Gasteiger partial charge in [-0.15, -0.1) is 0 Å². The number of rotatable bonds is 4. The van der Waals surface area contributed by atoms with Crippen LogP contribution in [0.15, 0.2) is 30.6 Å². The van der Waals surface area contributed by atoms with E-state index in [1.807, 2.05) is 69.1 Å². The Bertz CT molecular complexity index is 993. The van der Waals surface area contributed by atoms with E-state index in [4.69, 9.17) is 0 Å². The molecule has 0 unspecified atom stereocenters. The summed E-state index contributed by atoms with van der Waals surface area (Å²) in [5, 5.41) is 4.29. The van der Waals surface area contributed by atoms with E-state index in [1.165, 1.54) is 0 Å². The molecule has 32 heavy (non-hydrogen) atoms. The number of hydrogen-bond donors (Lipinski definition) is 0. The van der Waals surface area contributed by atoms with Crippen LogP contribution in [0.2, 0.25) is 0 Å². The number of aromatic nitrogens is 2. The van der Waals surface area contributed by atoms with Crippen molar-refractivity contribution in [2.75, 3.05) is 40.3 Å². The summed E-state index contributed by atoms with van der Waals surface area (Å²) >= 11 is 0. The van der Waals surface area contributed by atoms with Crippen LogP contribution in [0, 0.1) is 25.2 Å². The van der Waals surface area contributed by atoms with E-state index >= 15 is 0 Å². The standard InChI is InChI=1S/C25H35N5O2/c1-18-9-19(2)11-21(10-18)23(31)30-8-6-7-25(24(32)27(3)4)17-29(15-22(25)16-30)14-20-12-26-28(5)13-20/h9-13,22H,6-8,14-17H2,1-5H3/t22-,25+/m1/s1. The van der Waals surface area contributed by atoms with Crippen molar-refractivity contribution in [3.8, 4) is 0 Å². The third kappa shape index (κ3) is 4.31. The zero-order valence-electron chi connectivity index (χ0n) is 20.0. The molecule has 7 heteroatoms. The summed E-state index contributed by atoms with van der Waals surface area (Å²) in [7, 11) is 5.62. The van der Waals surface area contributed by atoms with Gasteiger partial charge >= 0.3 is 0 Å². The maximum absolute atomic E-state index is 13.5. The molecule has 2 aromatic rings. The molecule has 0 aliphatic carbocycles. The zero-order valence-corrected chi connectivity index (χ0v) is 20.0. The average molecular weight is 438 g/mol. The highest BCUT2D eigenvalue weighted by Gasteiger charge is 2.53. The van der Waals surface area contributed by atoms with Crippen LogP contribution in [-0.4, -0.2) is 76.6 Å². The molecule has 172 valence electrons. The summed E-state index contributed by atoms with van der Waals surface area (Å²) < 4.78 is 1.81. The highest BCUT2D eigenvalue weighted by molar-refractivity contribution is 5.95. The predicted molar refractivity (Wildman–Crippen MR) is 124 cm³/mol. The fourth-order valence-electron chi connectivity index (χ4n) is 5.73. The van der Waals surface area contributed by atoms with Crippen molar-refractivity contribution in [1.29, 1.82) is 0 Å². The number of amides is 2. The Kier molecular flexibility index (Phi) is 6.12. The first kappa shape index (κ1) is 22.5. The van der Waals surface area contributed by atoms with Gasteiger partial charge in [-0.2, -0.15) is 5.10 Å². The molecule has 2 amide bonds. The largest absolute Gasteiger partial charge is 0.348 e. The van der Waals surface area contributed by atoms with Crippen molar-refractivity contribution in [3.63, 3.8) is 0 Å². The van der Waals surface area contributed by atoms with Crippen molar-refractivity contribution >= 4 is 11.8 Å². The van der Waals surface area contributed by atoms with Crippen LogP contribution in [-0.2, 0) is 18.4 Å². The lowest BCUT2D eigenvalue weighted by atomic mass is 9.74. The Morgan fingerprint density at radius 1 is 1.16 bits per heavy atom. The van der Waals surface area contributed by atoms with E-state index in [9.17, 15) is 9.59 Å². The molecule has 2 saturated heterocycles. The minimum Gasteiger partial charge on any atom is -0.348 e. The van der Waals surface area contributed by atoms with Gasteiger partial charge in [0.2, 0.25) is 5.91 Å². The first-order valence-corrected chi connectivity index (χ1v) is 11.5. The van der Waals surface area contributed by atoms with Crippen LogP contribution < -0.4 is 0 Å². The number of benzene rings is 1. The Morgan fingerprint density at radius 2 is 1.88 bits per heavy atom. The summed E-state index contributed by atoms with van der Waals surface area (Å²) in [6.45, 7) is 7.70. The van der Waals surface area contributed by atoms with E-state index in [-0.39, 0.29) is 17.7 Å². The van der Waals surface area contributed by atoms with Crippen LogP contribution in [0.3, 0.4) is 0 Å². The van der Waals surface area contributed by atoms with Crippen LogP contribution in [0.5, 0.6) is 0 Å². The molecule has 0 spiro atoms. The topological polar surface area (TPSA) is 61.7 Å². The molecule has 2 aliphatic rings. The van der Waals surface area contributed by atoms with Gasteiger partial charge in [-0.25, -0.2) is 0 Å². The smallest absolute Gasteiger partial charge is 0.253 e. The fraction of sp³-hybridized carbons (Fsp3) is 0.560. The first-order valence-electron chi connectivity index (χ1n) is 11.5. The van der Waals surface area contributed by atoms with E-state index in [0.717, 1.165) is 54.7 Å². The molecule has 1 aromatic carbocycles. The normalized spacial score (nSPS) is 23.7. The van der Waals surface area contributed by atoms with Crippen molar-refractivity contribution in [1.82, 2.24) is 24.5 Å². The zero-order chi connectivity index (χ0) is 23.0. The molecule has 0 saturated carbocycles.